The third-order valence-electron chi connectivity index (χ3n) is 5.81. The molecule has 4 rings (SSSR count). The zero-order valence-electron chi connectivity index (χ0n) is 18.5. The molecule has 1 aliphatic rings. The molecule has 2 heterocycles. The van der Waals surface area contributed by atoms with E-state index in [1.54, 1.807) is 0 Å². The highest BCUT2D eigenvalue weighted by Crippen LogP contribution is 2.19. The fourth-order valence-electron chi connectivity index (χ4n) is 4.13. The molecule has 1 saturated heterocycles. The third kappa shape index (κ3) is 5.16. The number of aryl methyl sites for hydroxylation is 2. The monoisotopic (exact) mass is 434 g/mol. The maximum atomic E-state index is 12.9. The largest absolute Gasteiger partial charge is 0.368 e. The number of carbonyl (C=O) groups is 2. The predicted molar refractivity (Wildman–Crippen MR) is 124 cm³/mol. The SMILES string of the molecule is CCc1ccccc1NC(=O)Cn1c(CCCNC(=O)C2CCCO2)nc2ccccc21. The van der Waals surface area contributed by atoms with E-state index in [-0.39, 0.29) is 24.5 Å². The number of aromatic nitrogens is 2. The van der Waals surface area contributed by atoms with E-state index in [1.807, 2.05) is 53.1 Å². The minimum absolute atomic E-state index is 0.0371. The van der Waals surface area contributed by atoms with Crippen molar-refractivity contribution in [3.63, 3.8) is 0 Å². The number of hydrogen-bond acceptors (Lipinski definition) is 4. The smallest absolute Gasteiger partial charge is 0.249 e. The number of rotatable bonds is 9. The van der Waals surface area contributed by atoms with Crippen LogP contribution in [0.4, 0.5) is 5.69 Å². The maximum Gasteiger partial charge on any atom is 0.249 e. The summed E-state index contributed by atoms with van der Waals surface area (Å²) in [6.07, 6.45) is 3.67. The maximum absolute atomic E-state index is 12.9. The zero-order valence-corrected chi connectivity index (χ0v) is 18.5. The van der Waals surface area contributed by atoms with Gasteiger partial charge < -0.3 is 19.9 Å². The highest BCUT2D eigenvalue weighted by molar-refractivity contribution is 5.92. The number of benzene rings is 2. The van der Waals surface area contributed by atoms with Crippen molar-refractivity contribution in [3.8, 4) is 0 Å². The zero-order chi connectivity index (χ0) is 22.3. The Morgan fingerprint density at radius 2 is 1.97 bits per heavy atom. The highest BCUT2D eigenvalue weighted by Gasteiger charge is 2.23. The normalized spacial score (nSPS) is 15.7. The van der Waals surface area contributed by atoms with Crippen LogP contribution in [0.3, 0.4) is 0 Å². The molecule has 1 aromatic heterocycles. The van der Waals surface area contributed by atoms with Crippen LogP contribution in [0.5, 0.6) is 0 Å². The van der Waals surface area contributed by atoms with Crippen LogP contribution in [0.25, 0.3) is 11.0 Å². The molecule has 0 aliphatic carbocycles. The number of fused-ring (bicyclic) bond motifs is 1. The Morgan fingerprint density at radius 3 is 2.78 bits per heavy atom. The number of carbonyl (C=O) groups excluding carboxylic acids is 2. The van der Waals surface area contributed by atoms with E-state index in [0.717, 1.165) is 53.8 Å². The van der Waals surface area contributed by atoms with E-state index in [9.17, 15) is 9.59 Å². The van der Waals surface area contributed by atoms with E-state index in [4.69, 9.17) is 9.72 Å². The van der Waals surface area contributed by atoms with Gasteiger partial charge in [0.15, 0.2) is 0 Å². The highest BCUT2D eigenvalue weighted by atomic mass is 16.5. The van der Waals surface area contributed by atoms with Crippen LogP contribution < -0.4 is 10.6 Å². The van der Waals surface area contributed by atoms with Crippen molar-refractivity contribution < 1.29 is 14.3 Å². The topological polar surface area (TPSA) is 85.2 Å². The third-order valence-corrected chi connectivity index (χ3v) is 5.81. The van der Waals surface area contributed by atoms with Crippen LogP contribution in [-0.2, 0) is 33.7 Å². The summed E-state index contributed by atoms with van der Waals surface area (Å²) in [5, 5.41) is 6.00. The molecule has 0 bridgehead atoms. The van der Waals surface area contributed by atoms with Gasteiger partial charge in [-0.15, -0.1) is 0 Å². The quantitative estimate of drug-likeness (QED) is 0.505. The fraction of sp³-hybridized carbons (Fsp3) is 0.400. The molecule has 3 aromatic rings. The number of imidazole rings is 1. The molecule has 0 saturated carbocycles. The summed E-state index contributed by atoms with van der Waals surface area (Å²) in [5.74, 6) is 0.725. The van der Waals surface area contributed by atoms with E-state index in [2.05, 4.69) is 17.6 Å². The van der Waals surface area contributed by atoms with Gasteiger partial charge in [0.05, 0.1) is 11.0 Å². The molecule has 7 nitrogen and oxygen atoms in total. The van der Waals surface area contributed by atoms with E-state index in [0.29, 0.717) is 19.6 Å². The number of para-hydroxylation sites is 3. The van der Waals surface area contributed by atoms with Gasteiger partial charge in [-0.2, -0.15) is 0 Å². The Labute approximate surface area is 188 Å². The average molecular weight is 435 g/mol. The molecule has 0 spiro atoms. The molecule has 1 fully saturated rings. The Bertz CT molecular complexity index is 1090. The Kier molecular flexibility index (Phi) is 7.17. The van der Waals surface area contributed by atoms with E-state index >= 15 is 0 Å². The van der Waals surface area contributed by atoms with Gasteiger partial charge in [0, 0.05) is 25.3 Å². The van der Waals surface area contributed by atoms with Crippen LogP contribution in [0.2, 0.25) is 0 Å². The van der Waals surface area contributed by atoms with Gasteiger partial charge in [0.1, 0.15) is 18.5 Å². The first-order valence-electron chi connectivity index (χ1n) is 11.4. The molecular formula is C25H30N4O3. The van der Waals surface area contributed by atoms with Gasteiger partial charge in [0.2, 0.25) is 11.8 Å². The molecule has 1 atom stereocenters. The van der Waals surface area contributed by atoms with E-state index in [1.165, 1.54) is 0 Å². The number of ether oxygens (including phenoxy) is 1. The second-order valence-corrected chi connectivity index (χ2v) is 8.06. The fourth-order valence-corrected chi connectivity index (χ4v) is 4.13. The van der Waals surface area contributed by atoms with Crippen LogP contribution in [0, 0.1) is 0 Å². The molecule has 1 aliphatic heterocycles. The molecule has 2 aromatic carbocycles. The van der Waals surface area contributed by atoms with Crippen LogP contribution in [0.15, 0.2) is 48.5 Å². The second-order valence-electron chi connectivity index (χ2n) is 8.06. The predicted octanol–water partition coefficient (Wildman–Crippen LogP) is 3.47. The lowest BCUT2D eigenvalue weighted by Gasteiger charge is -2.13. The lowest BCUT2D eigenvalue weighted by molar-refractivity contribution is -0.130. The number of anilines is 1. The van der Waals surface area contributed by atoms with Crippen LogP contribution in [0.1, 0.15) is 37.6 Å². The van der Waals surface area contributed by atoms with Crippen molar-refractivity contribution >= 4 is 28.5 Å². The first kappa shape index (κ1) is 22.0. The molecule has 32 heavy (non-hydrogen) atoms. The standard InChI is InChI=1S/C25H30N4O3/c1-2-18-9-3-4-10-19(18)28-24(30)17-29-21-12-6-5-11-20(21)27-23(29)14-7-15-26-25(31)22-13-8-16-32-22/h3-6,9-12,22H,2,7-8,13-17H2,1H3,(H,26,31)(H,28,30). The molecule has 1 unspecified atom stereocenters. The van der Waals surface area contributed by atoms with Gasteiger partial charge in [0.25, 0.3) is 0 Å². The summed E-state index contributed by atoms with van der Waals surface area (Å²) in [6, 6.07) is 15.7. The average Bonchev–Trinajstić information content (AvgIpc) is 3.46. The van der Waals surface area contributed by atoms with Crippen molar-refractivity contribution in [1.29, 1.82) is 0 Å². The van der Waals surface area contributed by atoms with Gasteiger partial charge in [-0.05, 0) is 49.4 Å². The molecule has 0 radical (unpaired) electrons. The first-order chi connectivity index (χ1) is 15.7. The number of nitrogens with zero attached hydrogens (tertiary/aromatic N) is 2. The first-order valence-corrected chi connectivity index (χ1v) is 11.4. The summed E-state index contributed by atoms with van der Waals surface area (Å²) < 4.78 is 7.40. The molecule has 168 valence electrons. The van der Waals surface area contributed by atoms with Crippen molar-refractivity contribution in [2.45, 2.75) is 51.7 Å². The van der Waals surface area contributed by atoms with Crippen molar-refractivity contribution in [1.82, 2.24) is 14.9 Å². The van der Waals surface area contributed by atoms with Crippen LogP contribution >= 0.6 is 0 Å². The molecule has 7 heteroatoms. The Balaban J connectivity index is 1.41. The van der Waals surface area contributed by atoms with Crippen molar-refractivity contribution in [2.75, 3.05) is 18.5 Å². The molecule has 2 N–H and O–H groups in total. The lowest BCUT2D eigenvalue weighted by Crippen LogP contribution is -2.34. The van der Waals surface area contributed by atoms with Gasteiger partial charge >= 0.3 is 0 Å². The summed E-state index contributed by atoms with van der Waals surface area (Å²) in [7, 11) is 0. The second kappa shape index (κ2) is 10.4. The van der Waals surface area contributed by atoms with E-state index < -0.39 is 0 Å². The number of nitrogens with one attached hydrogen (secondary N) is 2. The van der Waals surface area contributed by atoms with Crippen molar-refractivity contribution in [2.24, 2.45) is 0 Å². The van der Waals surface area contributed by atoms with Gasteiger partial charge in [-0.1, -0.05) is 37.3 Å². The minimum Gasteiger partial charge on any atom is -0.368 e. The summed E-state index contributed by atoms with van der Waals surface area (Å²) >= 11 is 0. The summed E-state index contributed by atoms with van der Waals surface area (Å²) in [5.41, 5.74) is 3.76. The molecule has 2 amide bonds. The van der Waals surface area contributed by atoms with Gasteiger partial charge in [-0.25, -0.2) is 4.98 Å². The van der Waals surface area contributed by atoms with Gasteiger partial charge in [-0.3, -0.25) is 9.59 Å². The Morgan fingerprint density at radius 1 is 1.16 bits per heavy atom. The molecular weight excluding hydrogens is 404 g/mol. The Hall–Kier alpha value is -3.19. The minimum atomic E-state index is -0.311. The number of amides is 2. The summed E-state index contributed by atoms with van der Waals surface area (Å²) in [6.45, 7) is 3.48. The van der Waals surface area contributed by atoms with Crippen LogP contribution in [-0.4, -0.2) is 40.6 Å². The number of hydrogen-bond donors (Lipinski definition) is 2. The summed E-state index contributed by atoms with van der Waals surface area (Å²) in [4.78, 5) is 29.8. The van der Waals surface area contributed by atoms with Crippen molar-refractivity contribution in [3.05, 3.63) is 59.9 Å². The lowest BCUT2D eigenvalue weighted by atomic mass is 10.1.